The van der Waals surface area contributed by atoms with Gasteiger partial charge in [-0.1, -0.05) is 6.08 Å². The molecule has 2 rings (SSSR count). The van der Waals surface area contributed by atoms with Crippen LogP contribution in [0.4, 0.5) is 0 Å². The zero-order valence-corrected chi connectivity index (χ0v) is 12.6. The summed E-state index contributed by atoms with van der Waals surface area (Å²) in [7, 11) is 0. The second-order valence-corrected chi connectivity index (χ2v) is 4.39. The third kappa shape index (κ3) is 4.30. The molecule has 1 fully saturated rings. The summed E-state index contributed by atoms with van der Waals surface area (Å²) in [5, 5.41) is 3.33. The van der Waals surface area contributed by atoms with Crippen LogP contribution in [0.15, 0.2) is 33.9 Å². The van der Waals surface area contributed by atoms with Crippen molar-refractivity contribution in [1.82, 2.24) is 10.2 Å². The maximum Gasteiger partial charge on any atom is 0.169 e. The van der Waals surface area contributed by atoms with Crippen LogP contribution >= 0.6 is 40.7 Å². The molecule has 98 valence electrons. The summed E-state index contributed by atoms with van der Waals surface area (Å²) in [6.07, 6.45) is 1.94. The van der Waals surface area contributed by atoms with Crippen molar-refractivity contribution in [1.29, 1.82) is 0 Å². The lowest BCUT2D eigenvalue weighted by Gasteiger charge is -2.31. The van der Waals surface area contributed by atoms with E-state index in [1.54, 1.807) is 0 Å². The van der Waals surface area contributed by atoms with Gasteiger partial charge in [-0.25, -0.2) is 0 Å². The number of hydrogen-bond acceptors (Lipinski definition) is 3. The Labute approximate surface area is 123 Å². The molecule has 0 bridgehead atoms. The van der Waals surface area contributed by atoms with E-state index in [0.29, 0.717) is 0 Å². The van der Waals surface area contributed by atoms with Crippen LogP contribution in [0.1, 0.15) is 11.8 Å². The molecular formula is C11H17BrCl2N2O. The van der Waals surface area contributed by atoms with Crippen molar-refractivity contribution in [3.8, 4) is 0 Å². The first-order valence-electron chi connectivity index (χ1n) is 5.14. The van der Waals surface area contributed by atoms with Gasteiger partial charge in [0.2, 0.25) is 0 Å². The minimum Gasteiger partial charge on any atom is -0.452 e. The molecule has 1 aromatic rings. The lowest BCUT2D eigenvalue weighted by atomic mass is 10.1. The van der Waals surface area contributed by atoms with Gasteiger partial charge in [-0.2, -0.15) is 0 Å². The smallest absolute Gasteiger partial charge is 0.169 e. The van der Waals surface area contributed by atoms with Gasteiger partial charge in [-0.15, -0.1) is 31.4 Å². The molecule has 1 atom stereocenters. The normalized spacial score (nSPS) is 17.7. The lowest BCUT2D eigenvalue weighted by Crippen LogP contribution is -2.44. The molecule has 2 heterocycles. The summed E-state index contributed by atoms with van der Waals surface area (Å²) in [5.74, 6) is 0.957. The third-order valence-corrected chi connectivity index (χ3v) is 3.08. The van der Waals surface area contributed by atoms with Crippen LogP contribution in [-0.4, -0.2) is 31.1 Å². The lowest BCUT2D eigenvalue weighted by molar-refractivity contribution is 0.184. The van der Waals surface area contributed by atoms with Gasteiger partial charge >= 0.3 is 0 Å². The maximum absolute atomic E-state index is 5.57. The molecule has 1 aromatic heterocycles. The summed E-state index contributed by atoms with van der Waals surface area (Å²) in [4.78, 5) is 2.37. The Kier molecular flexibility index (Phi) is 8.16. The highest BCUT2D eigenvalue weighted by molar-refractivity contribution is 9.10. The van der Waals surface area contributed by atoms with Crippen LogP contribution < -0.4 is 5.32 Å². The van der Waals surface area contributed by atoms with Crippen molar-refractivity contribution in [2.75, 3.05) is 26.2 Å². The van der Waals surface area contributed by atoms with Crippen LogP contribution in [0.2, 0.25) is 0 Å². The zero-order chi connectivity index (χ0) is 10.7. The first kappa shape index (κ1) is 17.0. The molecule has 1 saturated heterocycles. The number of nitrogens with zero attached hydrogens (tertiary/aromatic N) is 1. The van der Waals surface area contributed by atoms with Crippen molar-refractivity contribution in [2.45, 2.75) is 6.04 Å². The van der Waals surface area contributed by atoms with E-state index in [4.69, 9.17) is 4.42 Å². The van der Waals surface area contributed by atoms with Crippen LogP contribution in [0.3, 0.4) is 0 Å². The Balaban J connectivity index is 0.00000128. The van der Waals surface area contributed by atoms with E-state index in [0.717, 1.165) is 36.6 Å². The molecule has 17 heavy (non-hydrogen) atoms. The molecule has 3 nitrogen and oxygen atoms in total. The topological polar surface area (TPSA) is 28.4 Å². The van der Waals surface area contributed by atoms with Crippen molar-refractivity contribution < 1.29 is 4.42 Å². The van der Waals surface area contributed by atoms with E-state index in [1.165, 1.54) is 0 Å². The predicted octanol–water partition coefficient (Wildman–Crippen LogP) is 3.02. The third-order valence-electron chi connectivity index (χ3n) is 2.65. The minimum absolute atomic E-state index is 0. The molecular weight excluding hydrogens is 327 g/mol. The van der Waals surface area contributed by atoms with Crippen LogP contribution in [0.5, 0.6) is 0 Å². The maximum atomic E-state index is 5.57. The number of hydrogen-bond donors (Lipinski definition) is 1. The van der Waals surface area contributed by atoms with E-state index < -0.39 is 0 Å². The molecule has 0 aliphatic carbocycles. The van der Waals surface area contributed by atoms with Crippen LogP contribution in [0.25, 0.3) is 0 Å². The highest BCUT2D eigenvalue weighted by Crippen LogP contribution is 2.26. The Morgan fingerprint density at radius 2 is 2.00 bits per heavy atom. The predicted molar refractivity (Wildman–Crippen MR) is 78.3 cm³/mol. The van der Waals surface area contributed by atoms with Crippen LogP contribution in [-0.2, 0) is 0 Å². The highest BCUT2D eigenvalue weighted by atomic mass is 79.9. The van der Waals surface area contributed by atoms with Crippen molar-refractivity contribution >= 4 is 40.7 Å². The number of furan rings is 1. The number of halogens is 3. The molecule has 1 aliphatic heterocycles. The molecule has 0 saturated carbocycles. The molecule has 0 unspecified atom stereocenters. The second-order valence-electron chi connectivity index (χ2n) is 3.61. The van der Waals surface area contributed by atoms with Crippen molar-refractivity contribution in [2.24, 2.45) is 0 Å². The van der Waals surface area contributed by atoms with E-state index >= 15 is 0 Å². The van der Waals surface area contributed by atoms with Crippen molar-refractivity contribution in [3.05, 3.63) is 35.2 Å². The summed E-state index contributed by atoms with van der Waals surface area (Å²) in [6, 6.07) is 4.12. The average Bonchev–Trinajstić information content (AvgIpc) is 2.68. The molecule has 0 aromatic carbocycles. The fraction of sp³-hybridized carbons (Fsp3) is 0.455. The quantitative estimate of drug-likeness (QED) is 0.855. The molecule has 0 spiro atoms. The molecule has 0 radical (unpaired) electrons. The van der Waals surface area contributed by atoms with E-state index in [2.05, 4.69) is 32.7 Å². The van der Waals surface area contributed by atoms with E-state index in [1.807, 2.05) is 18.2 Å². The summed E-state index contributed by atoms with van der Waals surface area (Å²) in [6.45, 7) is 8.03. The van der Waals surface area contributed by atoms with E-state index in [-0.39, 0.29) is 30.9 Å². The number of piperazine rings is 1. The van der Waals surface area contributed by atoms with Gasteiger partial charge in [-0.05, 0) is 28.1 Å². The van der Waals surface area contributed by atoms with Gasteiger partial charge in [0.1, 0.15) is 5.76 Å². The standard InChI is InChI=1S/C11H15BrN2O.2ClH/c1-2-9(10-3-4-11(12)15-10)14-7-5-13-6-8-14;;/h2-4,9,13H,1,5-8H2;2*1H/t9-;;/m1../s1. The van der Waals surface area contributed by atoms with Gasteiger partial charge in [0, 0.05) is 26.2 Å². The number of rotatable bonds is 3. The minimum atomic E-state index is 0. The molecule has 0 amide bonds. The van der Waals surface area contributed by atoms with Gasteiger partial charge in [0.15, 0.2) is 4.67 Å². The van der Waals surface area contributed by atoms with Crippen LogP contribution in [0, 0.1) is 0 Å². The average molecular weight is 344 g/mol. The molecule has 1 aliphatic rings. The monoisotopic (exact) mass is 342 g/mol. The van der Waals surface area contributed by atoms with Crippen molar-refractivity contribution in [3.63, 3.8) is 0 Å². The largest absolute Gasteiger partial charge is 0.452 e. The van der Waals surface area contributed by atoms with Gasteiger partial charge < -0.3 is 9.73 Å². The Morgan fingerprint density at radius 1 is 1.35 bits per heavy atom. The summed E-state index contributed by atoms with van der Waals surface area (Å²) >= 11 is 3.32. The Morgan fingerprint density at radius 3 is 2.47 bits per heavy atom. The Bertz CT molecular complexity index is 340. The molecule has 1 N–H and O–H groups in total. The molecule has 6 heteroatoms. The highest BCUT2D eigenvalue weighted by Gasteiger charge is 2.21. The number of nitrogens with one attached hydrogen (secondary N) is 1. The first-order valence-corrected chi connectivity index (χ1v) is 5.93. The van der Waals surface area contributed by atoms with Gasteiger partial charge in [0.25, 0.3) is 0 Å². The van der Waals surface area contributed by atoms with Gasteiger partial charge in [0.05, 0.1) is 6.04 Å². The Hall–Kier alpha value is -0.000000000000000111. The second kappa shape index (κ2) is 8.16. The summed E-state index contributed by atoms with van der Waals surface area (Å²) < 4.78 is 6.35. The fourth-order valence-electron chi connectivity index (χ4n) is 1.89. The SMILES string of the molecule is C=C[C@H](c1ccc(Br)o1)N1CCNCC1.Cl.Cl. The summed E-state index contributed by atoms with van der Waals surface area (Å²) in [5.41, 5.74) is 0. The zero-order valence-electron chi connectivity index (χ0n) is 9.39. The first-order chi connectivity index (χ1) is 7.31. The fourth-order valence-corrected chi connectivity index (χ4v) is 2.21. The van der Waals surface area contributed by atoms with E-state index in [9.17, 15) is 0 Å². The van der Waals surface area contributed by atoms with Gasteiger partial charge in [-0.3, -0.25) is 4.90 Å².